The van der Waals surface area contributed by atoms with Crippen LogP contribution in [0.4, 0.5) is 18.9 Å². The largest absolute Gasteiger partial charge is 0.435 e. The van der Waals surface area contributed by atoms with Crippen molar-refractivity contribution in [1.29, 1.82) is 0 Å². The van der Waals surface area contributed by atoms with Gasteiger partial charge in [-0.2, -0.15) is 18.3 Å². The number of nitrogens with one attached hydrogen (secondary N) is 1. The Kier molecular flexibility index (Phi) is 4.02. The second-order valence-electron chi connectivity index (χ2n) is 4.69. The fourth-order valence-electron chi connectivity index (χ4n) is 1.82. The summed E-state index contributed by atoms with van der Waals surface area (Å²) in [6.07, 6.45) is -3.37. The maximum absolute atomic E-state index is 12.4. The fraction of sp³-hybridized carbons (Fsp3) is 0.286. The Balaban J connectivity index is 2.05. The van der Waals surface area contributed by atoms with E-state index in [0.29, 0.717) is 5.69 Å². The molecule has 1 aromatic heterocycles. The van der Waals surface area contributed by atoms with Gasteiger partial charge in [-0.1, -0.05) is 12.1 Å². The molecule has 4 nitrogen and oxygen atoms in total. The summed E-state index contributed by atoms with van der Waals surface area (Å²) in [6, 6.07) is 6.29. The minimum Gasteiger partial charge on any atom is -0.324 e. The minimum atomic E-state index is -4.51. The van der Waals surface area contributed by atoms with Crippen molar-refractivity contribution in [2.75, 3.05) is 5.32 Å². The zero-order valence-corrected chi connectivity index (χ0v) is 11.5. The number of anilines is 1. The van der Waals surface area contributed by atoms with Gasteiger partial charge in [-0.25, -0.2) is 0 Å². The first kappa shape index (κ1) is 15.1. The summed E-state index contributed by atoms with van der Waals surface area (Å²) in [4.78, 5) is 11.9. The van der Waals surface area contributed by atoms with Gasteiger partial charge in [0.05, 0.1) is 0 Å². The molecular weight excluding hydrogens is 283 g/mol. The summed E-state index contributed by atoms with van der Waals surface area (Å²) in [6.45, 7) is 3.50. The van der Waals surface area contributed by atoms with Gasteiger partial charge in [0.1, 0.15) is 6.54 Å². The van der Waals surface area contributed by atoms with E-state index in [-0.39, 0.29) is 6.54 Å². The maximum atomic E-state index is 12.4. The molecule has 0 aliphatic heterocycles. The molecule has 21 heavy (non-hydrogen) atoms. The maximum Gasteiger partial charge on any atom is 0.435 e. The number of carbonyl (C=O) groups excluding carboxylic acids is 1. The molecule has 0 radical (unpaired) electrons. The molecule has 0 aliphatic carbocycles. The molecule has 0 saturated heterocycles. The molecule has 2 rings (SSSR count). The average Bonchev–Trinajstić information content (AvgIpc) is 2.83. The number of benzene rings is 1. The molecule has 2 aromatic rings. The molecule has 1 N–H and O–H groups in total. The molecule has 0 saturated carbocycles. The number of carbonyl (C=O) groups is 1. The lowest BCUT2D eigenvalue weighted by molar-refractivity contribution is -0.141. The Morgan fingerprint density at radius 1 is 1.29 bits per heavy atom. The molecule has 0 atom stereocenters. The second-order valence-corrected chi connectivity index (χ2v) is 4.69. The Morgan fingerprint density at radius 2 is 2.00 bits per heavy atom. The Hall–Kier alpha value is -2.31. The number of hydrogen-bond donors (Lipinski definition) is 1. The van der Waals surface area contributed by atoms with Crippen molar-refractivity contribution in [2.24, 2.45) is 0 Å². The third kappa shape index (κ3) is 3.62. The van der Waals surface area contributed by atoms with E-state index in [4.69, 9.17) is 0 Å². The van der Waals surface area contributed by atoms with Crippen LogP contribution in [0.2, 0.25) is 0 Å². The van der Waals surface area contributed by atoms with Gasteiger partial charge in [0, 0.05) is 11.9 Å². The second kappa shape index (κ2) is 5.59. The summed E-state index contributed by atoms with van der Waals surface area (Å²) in [5, 5.41) is 6.00. The van der Waals surface area contributed by atoms with Crippen molar-refractivity contribution < 1.29 is 18.0 Å². The highest BCUT2D eigenvalue weighted by Crippen LogP contribution is 2.27. The molecule has 1 heterocycles. The molecule has 112 valence electrons. The van der Waals surface area contributed by atoms with Gasteiger partial charge in [-0.15, -0.1) is 0 Å². The summed E-state index contributed by atoms with van der Waals surface area (Å²) >= 11 is 0. The third-order valence-corrected chi connectivity index (χ3v) is 3.12. The van der Waals surface area contributed by atoms with Crippen LogP contribution in [0, 0.1) is 13.8 Å². The van der Waals surface area contributed by atoms with Gasteiger partial charge in [0.25, 0.3) is 0 Å². The van der Waals surface area contributed by atoms with E-state index >= 15 is 0 Å². The zero-order chi connectivity index (χ0) is 15.6. The van der Waals surface area contributed by atoms with Crippen LogP contribution in [-0.4, -0.2) is 15.7 Å². The number of halogens is 3. The molecule has 7 heteroatoms. The first-order valence-electron chi connectivity index (χ1n) is 6.24. The van der Waals surface area contributed by atoms with Crippen LogP contribution in [0.3, 0.4) is 0 Å². The van der Waals surface area contributed by atoms with E-state index in [1.807, 2.05) is 19.9 Å². The number of aryl methyl sites for hydroxylation is 1. The predicted molar refractivity (Wildman–Crippen MR) is 71.8 cm³/mol. The van der Waals surface area contributed by atoms with Gasteiger partial charge in [-0.3, -0.25) is 9.48 Å². The Morgan fingerprint density at radius 3 is 2.62 bits per heavy atom. The van der Waals surface area contributed by atoms with Crippen molar-refractivity contribution in [3.05, 3.63) is 47.3 Å². The lowest BCUT2D eigenvalue weighted by Gasteiger charge is -2.10. The van der Waals surface area contributed by atoms with Crippen molar-refractivity contribution in [2.45, 2.75) is 26.6 Å². The molecule has 0 bridgehead atoms. The van der Waals surface area contributed by atoms with Crippen LogP contribution in [0.15, 0.2) is 30.5 Å². The van der Waals surface area contributed by atoms with Crippen LogP contribution in [0.5, 0.6) is 0 Å². The summed E-state index contributed by atoms with van der Waals surface area (Å²) in [5.41, 5.74) is 1.57. The standard InChI is InChI=1S/C14H14F3N3O/c1-9-4-3-5-11(10(9)2)18-13(21)8-20-7-6-12(19-20)14(15,16)17/h3-7H,8H2,1-2H3,(H,18,21). The molecule has 0 spiro atoms. The average molecular weight is 297 g/mol. The predicted octanol–water partition coefficient (Wildman–Crippen LogP) is 3.16. The number of alkyl halides is 3. The van der Waals surface area contributed by atoms with Gasteiger partial charge < -0.3 is 5.32 Å². The number of amides is 1. The molecule has 0 aliphatic rings. The van der Waals surface area contributed by atoms with Crippen LogP contribution in [0.25, 0.3) is 0 Å². The highest BCUT2D eigenvalue weighted by Gasteiger charge is 2.33. The SMILES string of the molecule is Cc1cccc(NC(=O)Cn2ccc(C(F)(F)F)n2)c1C. The fourth-order valence-corrected chi connectivity index (χ4v) is 1.82. The van der Waals surface area contributed by atoms with Crippen LogP contribution in [-0.2, 0) is 17.5 Å². The van der Waals surface area contributed by atoms with Crippen LogP contribution < -0.4 is 5.32 Å². The number of hydrogen-bond acceptors (Lipinski definition) is 2. The van der Waals surface area contributed by atoms with E-state index in [1.165, 1.54) is 0 Å². The van der Waals surface area contributed by atoms with E-state index in [2.05, 4.69) is 10.4 Å². The number of rotatable bonds is 3. The van der Waals surface area contributed by atoms with Gasteiger partial charge in [0.2, 0.25) is 5.91 Å². The van der Waals surface area contributed by atoms with E-state index in [0.717, 1.165) is 28.1 Å². The van der Waals surface area contributed by atoms with Crippen LogP contribution in [0.1, 0.15) is 16.8 Å². The topological polar surface area (TPSA) is 46.9 Å². The lowest BCUT2D eigenvalue weighted by Crippen LogP contribution is -2.20. The quantitative estimate of drug-likeness (QED) is 0.946. The molecule has 0 unspecified atom stereocenters. The zero-order valence-electron chi connectivity index (χ0n) is 11.5. The Bertz CT molecular complexity index is 662. The number of nitrogens with zero attached hydrogens (tertiary/aromatic N) is 2. The van der Waals surface area contributed by atoms with E-state index in [1.54, 1.807) is 12.1 Å². The van der Waals surface area contributed by atoms with Crippen molar-refractivity contribution in [3.8, 4) is 0 Å². The van der Waals surface area contributed by atoms with Gasteiger partial charge in [0.15, 0.2) is 5.69 Å². The normalized spacial score (nSPS) is 11.5. The summed E-state index contributed by atoms with van der Waals surface area (Å²) in [7, 11) is 0. The Labute approximate surface area is 119 Å². The minimum absolute atomic E-state index is 0.274. The summed E-state index contributed by atoms with van der Waals surface area (Å²) < 4.78 is 38.2. The van der Waals surface area contributed by atoms with E-state index < -0.39 is 17.8 Å². The first-order valence-corrected chi connectivity index (χ1v) is 6.24. The van der Waals surface area contributed by atoms with Crippen LogP contribution >= 0.6 is 0 Å². The highest BCUT2D eigenvalue weighted by molar-refractivity contribution is 5.91. The highest BCUT2D eigenvalue weighted by atomic mass is 19.4. The lowest BCUT2D eigenvalue weighted by atomic mass is 10.1. The van der Waals surface area contributed by atoms with E-state index in [9.17, 15) is 18.0 Å². The third-order valence-electron chi connectivity index (χ3n) is 3.12. The van der Waals surface area contributed by atoms with Crippen molar-refractivity contribution >= 4 is 11.6 Å². The molecule has 1 aromatic carbocycles. The first-order chi connectivity index (χ1) is 9.77. The van der Waals surface area contributed by atoms with Crippen molar-refractivity contribution in [1.82, 2.24) is 9.78 Å². The molecule has 0 fully saturated rings. The number of aromatic nitrogens is 2. The van der Waals surface area contributed by atoms with Gasteiger partial charge >= 0.3 is 6.18 Å². The van der Waals surface area contributed by atoms with Crippen molar-refractivity contribution in [3.63, 3.8) is 0 Å². The molecular formula is C14H14F3N3O. The summed E-state index contributed by atoms with van der Waals surface area (Å²) in [5.74, 6) is -0.430. The smallest absolute Gasteiger partial charge is 0.324 e. The molecule has 1 amide bonds. The monoisotopic (exact) mass is 297 g/mol. The van der Waals surface area contributed by atoms with Gasteiger partial charge in [-0.05, 0) is 37.1 Å².